The van der Waals surface area contributed by atoms with Crippen molar-refractivity contribution in [1.82, 2.24) is 0 Å². The summed E-state index contributed by atoms with van der Waals surface area (Å²) in [7, 11) is 0. The number of allylic oxidation sites excluding steroid dienone is 10. The molecule has 1 aliphatic heterocycles. The number of esters is 3. The molecule has 1 aliphatic rings. The van der Waals surface area contributed by atoms with Crippen LogP contribution in [0.2, 0.25) is 0 Å². The minimum atomic E-state index is -1.91. The van der Waals surface area contributed by atoms with E-state index < -0.39 is 67.3 Å². The second kappa shape index (κ2) is 49.3. The maximum Gasteiger partial charge on any atom is 0.335 e. The topological polar surface area (TPSA) is 175 Å². The van der Waals surface area contributed by atoms with Gasteiger partial charge in [-0.15, -0.1) is 0 Å². The highest BCUT2D eigenvalue weighted by Gasteiger charge is 2.50. The summed E-state index contributed by atoms with van der Waals surface area (Å²) < 4.78 is 28.4. The minimum Gasteiger partial charge on any atom is -0.479 e. The van der Waals surface area contributed by atoms with Crippen molar-refractivity contribution in [3.8, 4) is 0 Å². The van der Waals surface area contributed by atoms with Gasteiger partial charge >= 0.3 is 23.9 Å². The summed E-state index contributed by atoms with van der Waals surface area (Å²) in [6, 6.07) is 0. The number of aliphatic hydroxyl groups excluding tert-OH is 2. The van der Waals surface area contributed by atoms with E-state index in [1.54, 1.807) is 0 Å². The number of unbranched alkanes of at least 4 members (excludes halogenated alkanes) is 25. The van der Waals surface area contributed by atoms with Crippen LogP contribution in [-0.2, 0) is 42.9 Å². The fourth-order valence-corrected chi connectivity index (χ4v) is 8.53. The molecule has 0 aromatic rings. The van der Waals surface area contributed by atoms with Crippen molar-refractivity contribution in [2.24, 2.45) is 0 Å². The Labute approximate surface area is 443 Å². The van der Waals surface area contributed by atoms with Gasteiger partial charge in [-0.3, -0.25) is 14.4 Å². The standard InChI is InChI=1S/C61H104O12/c1-4-7-10-13-16-19-22-24-26-27-29-30-33-35-38-41-44-47-53(62)69-50-52(71-54(63)48-45-42-39-36-32-21-18-15-12-9-6-3)51-70-61-59(57(66)56(65)58(73-61)60(67)68)72-55(64)49-46-43-40-37-34-31-28-25-23-20-17-14-11-8-5-2/h7,10,15-16,18-19,24-26,28,52,56-59,61,65-66H,4-6,8-9,11-14,17,20-23,27,29-51H2,1-3H3,(H,67,68)/b10-7-,18-15-,19-16-,26-24-,28-25-. The molecule has 0 radical (unpaired) electrons. The van der Waals surface area contributed by atoms with Gasteiger partial charge in [0.25, 0.3) is 0 Å². The maximum atomic E-state index is 13.1. The number of carboxylic acids is 1. The van der Waals surface area contributed by atoms with Crippen molar-refractivity contribution in [3.63, 3.8) is 0 Å². The number of carbonyl (C=O) groups excluding carboxylic acids is 3. The van der Waals surface area contributed by atoms with E-state index in [1.165, 1.54) is 57.8 Å². The van der Waals surface area contributed by atoms with E-state index >= 15 is 0 Å². The van der Waals surface area contributed by atoms with Crippen LogP contribution >= 0.6 is 0 Å². The summed E-state index contributed by atoms with van der Waals surface area (Å²) in [5, 5.41) is 31.4. The van der Waals surface area contributed by atoms with Crippen LogP contribution in [0, 0.1) is 0 Å². The first-order valence-corrected chi connectivity index (χ1v) is 29.3. The van der Waals surface area contributed by atoms with Crippen molar-refractivity contribution in [2.75, 3.05) is 13.2 Å². The first-order valence-electron chi connectivity index (χ1n) is 29.3. The average Bonchev–Trinajstić information content (AvgIpc) is 3.37. The summed E-state index contributed by atoms with van der Waals surface area (Å²) in [5.41, 5.74) is 0. The van der Waals surface area contributed by atoms with Gasteiger partial charge in [-0.2, -0.15) is 0 Å². The highest BCUT2D eigenvalue weighted by atomic mass is 16.7. The Balaban J connectivity index is 2.68. The lowest BCUT2D eigenvalue weighted by Crippen LogP contribution is -2.61. The molecule has 6 atom stereocenters. The lowest BCUT2D eigenvalue weighted by atomic mass is 9.98. The van der Waals surface area contributed by atoms with Crippen LogP contribution in [0.15, 0.2) is 60.8 Å². The molecule has 420 valence electrons. The summed E-state index contributed by atoms with van der Waals surface area (Å²) in [5.74, 6) is -3.15. The summed E-state index contributed by atoms with van der Waals surface area (Å²) in [6.45, 7) is 5.82. The molecule has 0 aromatic heterocycles. The molecule has 0 aromatic carbocycles. The van der Waals surface area contributed by atoms with Crippen molar-refractivity contribution >= 4 is 23.9 Å². The number of carbonyl (C=O) groups is 4. The molecule has 0 aliphatic carbocycles. The van der Waals surface area contributed by atoms with Gasteiger partial charge in [-0.1, -0.05) is 197 Å². The molecule has 1 saturated heterocycles. The largest absolute Gasteiger partial charge is 0.479 e. The molecule has 0 spiro atoms. The molecular weight excluding hydrogens is 925 g/mol. The van der Waals surface area contributed by atoms with Crippen LogP contribution in [0.1, 0.15) is 252 Å². The van der Waals surface area contributed by atoms with Crippen LogP contribution < -0.4 is 0 Å². The average molecular weight is 1030 g/mol. The minimum absolute atomic E-state index is 0.0487. The highest BCUT2D eigenvalue weighted by molar-refractivity contribution is 5.74. The third-order valence-corrected chi connectivity index (χ3v) is 13.0. The van der Waals surface area contributed by atoms with E-state index in [1.807, 2.05) is 0 Å². The van der Waals surface area contributed by atoms with E-state index in [0.29, 0.717) is 19.3 Å². The van der Waals surface area contributed by atoms with Gasteiger partial charge in [0.05, 0.1) is 6.61 Å². The van der Waals surface area contributed by atoms with Gasteiger partial charge in [0, 0.05) is 19.3 Å². The molecule has 73 heavy (non-hydrogen) atoms. The summed E-state index contributed by atoms with van der Waals surface area (Å²) in [6.07, 6.45) is 47.6. The number of hydrogen-bond donors (Lipinski definition) is 3. The fraction of sp³-hybridized carbons (Fsp3) is 0.770. The van der Waals surface area contributed by atoms with Crippen LogP contribution in [0.5, 0.6) is 0 Å². The molecular formula is C61H104O12. The zero-order chi connectivity index (χ0) is 53.3. The van der Waals surface area contributed by atoms with Crippen LogP contribution in [0.4, 0.5) is 0 Å². The number of rotatable bonds is 49. The van der Waals surface area contributed by atoms with Crippen molar-refractivity contribution in [1.29, 1.82) is 0 Å². The van der Waals surface area contributed by atoms with Gasteiger partial charge in [0.2, 0.25) is 0 Å². The van der Waals surface area contributed by atoms with E-state index in [4.69, 9.17) is 23.7 Å². The third-order valence-electron chi connectivity index (χ3n) is 13.0. The molecule has 1 fully saturated rings. The van der Waals surface area contributed by atoms with Gasteiger partial charge in [0.15, 0.2) is 24.6 Å². The zero-order valence-corrected chi connectivity index (χ0v) is 46.1. The highest BCUT2D eigenvalue weighted by Crippen LogP contribution is 2.26. The predicted molar refractivity (Wildman–Crippen MR) is 294 cm³/mol. The second-order valence-electron chi connectivity index (χ2n) is 19.9. The molecule has 6 unspecified atom stereocenters. The SMILES string of the molecule is CC/C=C\C/C=C\C/C=C\CCCCCCCCCC(=O)OCC(COC1OC(C(=O)O)C(O)C(O)C1OC(=O)CCCCCCC/C=C\CCCCCCCC)OC(=O)CCCCCCC/C=C\CCCC. The van der Waals surface area contributed by atoms with Crippen molar-refractivity contribution in [3.05, 3.63) is 60.8 Å². The zero-order valence-electron chi connectivity index (χ0n) is 46.1. The molecule has 12 nitrogen and oxygen atoms in total. The number of carboxylic acid groups (broad SMARTS) is 1. The number of hydrogen-bond acceptors (Lipinski definition) is 11. The molecule has 1 heterocycles. The Kier molecular flexibility index (Phi) is 45.5. The van der Waals surface area contributed by atoms with Crippen LogP contribution in [0.25, 0.3) is 0 Å². The van der Waals surface area contributed by atoms with Crippen molar-refractivity contribution < 1.29 is 58.2 Å². The second-order valence-corrected chi connectivity index (χ2v) is 19.9. The number of aliphatic carboxylic acids is 1. The monoisotopic (exact) mass is 1030 g/mol. The lowest BCUT2D eigenvalue weighted by Gasteiger charge is -2.40. The van der Waals surface area contributed by atoms with Crippen LogP contribution in [0.3, 0.4) is 0 Å². The van der Waals surface area contributed by atoms with Gasteiger partial charge < -0.3 is 39.0 Å². The molecule has 1 rings (SSSR count). The van der Waals surface area contributed by atoms with Crippen molar-refractivity contribution in [2.45, 2.75) is 289 Å². The Morgan fingerprint density at radius 1 is 0.466 bits per heavy atom. The smallest absolute Gasteiger partial charge is 0.335 e. The molecule has 12 heteroatoms. The number of ether oxygens (including phenoxy) is 5. The Hall–Kier alpha value is -3.58. The number of aliphatic hydroxyl groups is 2. The van der Waals surface area contributed by atoms with Gasteiger partial charge in [-0.05, 0) is 96.3 Å². The molecule has 0 saturated carbocycles. The van der Waals surface area contributed by atoms with E-state index in [9.17, 15) is 34.5 Å². The first-order chi connectivity index (χ1) is 35.6. The Morgan fingerprint density at radius 2 is 0.877 bits per heavy atom. The van der Waals surface area contributed by atoms with E-state index in [-0.39, 0.29) is 25.9 Å². The van der Waals surface area contributed by atoms with Crippen LogP contribution in [-0.4, -0.2) is 89.2 Å². The van der Waals surface area contributed by atoms with E-state index in [2.05, 4.69) is 81.5 Å². The predicted octanol–water partition coefficient (Wildman–Crippen LogP) is 14.8. The fourth-order valence-electron chi connectivity index (χ4n) is 8.53. The lowest BCUT2D eigenvalue weighted by molar-refractivity contribution is -0.301. The molecule has 3 N–H and O–H groups in total. The quantitative estimate of drug-likeness (QED) is 0.0228. The third kappa shape index (κ3) is 39.5. The van der Waals surface area contributed by atoms with Gasteiger partial charge in [0.1, 0.15) is 18.8 Å². The first kappa shape index (κ1) is 67.4. The summed E-state index contributed by atoms with van der Waals surface area (Å²) >= 11 is 0. The van der Waals surface area contributed by atoms with E-state index in [0.717, 1.165) is 135 Å². The summed E-state index contributed by atoms with van der Waals surface area (Å²) in [4.78, 5) is 51.0. The maximum absolute atomic E-state index is 13.1. The Bertz CT molecular complexity index is 1500. The Morgan fingerprint density at radius 3 is 1.37 bits per heavy atom. The van der Waals surface area contributed by atoms with Gasteiger partial charge in [-0.25, -0.2) is 4.79 Å². The molecule has 0 bridgehead atoms. The normalized spacial score (nSPS) is 18.7. The molecule has 0 amide bonds.